The van der Waals surface area contributed by atoms with E-state index in [1.54, 1.807) is 12.4 Å². The zero-order valence-corrected chi connectivity index (χ0v) is 9.71. The van der Waals surface area contributed by atoms with E-state index in [1.807, 2.05) is 6.92 Å². The molecule has 0 saturated heterocycles. The van der Waals surface area contributed by atoms with Gasteiger partial charge in [-0.3, -0.25) is 0 Å². The van der Waals surface area contributed by atoms with Crippen LogP contribution in [0.25, 0.3) is 0 Å². The number of aromatic nitrogens is 2. The summed E-state index contributed by atoms with van der Waals surface area (Å²) in [6.45, 7) is 3.60. The second-order valence-electron chi connectivity index (χ2n) is 3.36. The molecule has 0 spiro atoms. The highest BCUT2D eigenvalue weighted by Gasteiger charge is 2.06. The molecule has 1 aromatic heterocycles. The molecule has 0 bridgehead atoms. The van der Waals surface area contributed by atoms with Crippen molar-refractivity contribution >= 4 is 9.84 Å². The molecule has 1 N–H and O–H groups in total. The minimum atomic E-state index is -3.05. The molecule has 0 radical (unpaired) electrons. The van der Waals surface area contributed by atoms with Crippen molar-refractivity contribution in [3.8, 4) is 0 Å². The molecular formula is C9H15N3O2S. The second-order valence-corrected chi connectivity index (χ2v) is 5.50. The van der Waals surface area contributed by atoms with Crippen molar-refractivity contribution in [2.24, 2.45) is 0 Å². The maximum Gasteiger partial charge on any atom is 0.154 e. The Morgan fingerprint density at radius 2 is 1.93 bits per heavy atom. The Labute approximate surface area is 89.9 Å². The molecule has 0 aliphatic carbocycles. The van der Waals surface area contributed by atoms with E-state index < -0.39 is 9.84 Å². The molecule has 0 aliphatic rings. The third-order valence-corrected chi connectivity index (χ3v) is 2.51. The van der Waals surface area contributed by atoms with Crippen LogP contribution in [0.15, 0.2) is 12.4 Å². The molecule has 0 amide bonds. The van der Waals surface area contributed by atoms with E-state index in [1.165, 1.54) is 6.26 Å². The van der Waals surface area contributed by atoms with Gasteiger partial charge in [-0.1, -0.05) is 6.92 Å². The van der Waals surface area contributed by atoms with Gasteiger partial charge < -0.3 is 5.32 Å². The van der Waals surface area contributed by atoms with E-state index in [0.717, 1.165) is 12.1 Å². The first-order valence-electron chi connectivity index (χ1n) is 4.69. The Morgan fingerprint density at radius 3 is 2.40 bits per heavy atom. The van der Waals surface area contributed by atoms with Gasteiger partial charge in [-0.25, -0.2) is 18.4 Å². The Hall–Kier alpha value is -1.01. The lowest BCUT2D eigenvalue weighted by Gasteiger charge is -2.02. The molecule has 5 nitrogen and oxygen atoms in total. The molecular weight excluding hydrogens is 214 g/mol. The number of rotatable bonds is 5. The van der Waals surface area contributed by atoms with Crippen molar-refractivity contribution in [3.05, 3.63) is 23.8 Å². The van der Waals surface area contributed by atoms with Gasteiger partial charge in [0.25, 0.3) is 0 Å². The Kier molecular flexibility index (Phi) is 4.16. The molecule has 84 valence electrons. The van der Waals surface area contributed by atoms with Crippen LogP contribution in [0.3, 0.4) is 0 Å². The van der Waals surface area contributed by atoms with Gasteiger partial charge in [-0.15, -0.1) is 0 Å². The molecule has 0 atom stereocenters. The minimum Gasteiger partial charge on any atom is -0.313 e. The first kappa shape index (κ1) is 12.1. The van der Waals surface area contributed by atoms with Gasteiger partial charge in [0.2, 0.25) is 0 Å². The average Bonchev–Trinajstić information content (AvgIpc) is 2.14. The second kappa shape index (κ2) is 5.18. The SMILES string of the molecule is CCNCc1cnc(CS(C)(=O)=O)nc1. The van der Waals surface area contributed by atoms with Crippen molar-refractivity contribution in [1.29, 1.82) is 0 Å². The summed E-state index contributed by atoms with van der Waals surface area (Å²) < 4.78 is 21.9. The summed E-state index contributed by atoms with van der Waals surface area (Å²) in [5.74, 6) is 0.242. The van der Waals surface area contributed by atoms with Gasteiger partial charge in [0.05, 0.1) is 0 Å². The summed E-state index contributed by atoms with van der Waals surface area (Å²) in [5.41, 5.74) is 0.953. The molecule has 6 heteroatoms. The summed E-state index contributed by atoms with van der Waals surface area (Å²) in [6.07, 6.45) is 4.47. The van der Waals surface area contributed by atoms with Gasteiger partial charge in [0, 0.05) is 30.8 Å². The number of nitrogens with one attached hydrogen (secondary N) is 1. The number of nitrogens with zero attached hydrogens (tertiary/aromatic N) is 2. The van der Waals surface area contributed by atoms with Gasteiger partial charge in [0.15, 0.2) is 9.84 Å². The van der Waals surface area contributed by atoms with E-state index in [4.69, 9.17) is 0 Å². The topological polar surface area (TPSA) is 72.0 Å². The van der Waals surface area contributed by atoms with Crippen LogP contribution >= 0.6 is 0 Å². The summed E-state index contributed by atoms with van der Waals surface area (Å²) >= 11 is 0. The maximum atomic E-state index is 11.0. The van der Waals surface area contributed by atoms with Gasteiger partial charge in [-0.05, 0) is 6.54 Å². The maximum absolute atomic E-state index is 11.0. The molecule has 0 unspecified atom stereocenters. The Bertz CT molecular complexity index is 400. The van der Waals surface area contributed by atoms with Crippen LogP contribution in [0.4, 0.5) is 0 Å². The lowest BCUT2D eigenvalue weighted by Crippen LogP contribution is -2.13. The monoisotopic (exact) mass is 229 g/mol. The molecule has 1 aromatic rings. The van der Waals surface area contributed by atoms with Crippen molar-refractivity contribution in [2.45, 2.75) is 19.2 Å². The van der Waals surface area contributed by atoms with Crippen LogP contribution in [0, 0.1) is 0 Å². The van der Waals surface area contributed by atoms with Crippen molar-refractivity contribution in [3.63, 3.8) is 0 Å². The van der Waals surface area contributed by atoms with Crippen LogP contribution < -0.4 is 5.32 Å². The van der Waals surface area contributed by atoms with Crippen LogP contribution in [0.2, 0.25) is 0 Å². The average molecular weight is 229 g/mol. The van der Waals surface area contributed by atoms with E-state index >= 15 is 0 Å². The van der Waals surface area contributed by atoms with E-state index in [9.17, 15) is 8.42 Å². The highest BCUT2D eigenvalue weighted by molar-refractivity contribution is 7.89. The number of hydrogen-bond donors (Lipinski definition) is 1. The molecule has 1 rings (SSSR count). The van der Waals surface area contributed by atoms with Crippen LogP contribution in [-0.2, 0) is 22.1 Å². The lowest BCUT2D eigenvalue weighted by atomic mass is 10.3. The van der Waals surface area contributed by atoms with E-state index in [-0.39, 0.29) is 5.75 Å². The summed E-state index contributed by atoms with van der Waals surface area (Å²) in [7, 11) is -3.05. The third-order valence-electron chi connectivity index (χ3n) is 1.73. The zero-order valence-electron chi connectivity index (χ0n) is 8.90. The molecule has 15 heavy (non-hydrogen) atoms. The van der Waals surface area contributed by atoms with Crippen molar-refractivity contribution in [2.75, 3.05) is 12.8 Å². The molecule has 1 heterocycles. The van der Waals surface area contributed by atoms with Crippen LogP contribution in [0.1, 0.15) is 18.3 Å². The molecule has 0 saturated carbocycles. The number of sulfone groups is 1. The van der Waals surface area contributed by atoms with Crippen LogP contribution in [-0.4, -0.2) is 31.2 Å². The zero-order chi connectivity index (χ0) is 11.3. The third kappa shape index (κ3) is 4.85. The van der Waals surface area contributed by atoms with Gasteiger partial charge in [-0.2, -0.15) is 0 Å². The van der Waals surface area contributed by atoms with Crippen molar-refractivity contribution < 1.29 is 8.42 Å². The summed E-state index contributed by atoms with van der Waals surface area (Å²) in [5, 5.41) is 3.13. The molecule has 0 aromatic carbocycles. The molecule has 0 fully saturated rings. The van der Waals surface area contributed by atoms with Gasteiger partial charge in [0.1, 0.15) is 11.6 Å². The predicted molar refractivity (Wildman–Crippen MR) is 58.0 cm³/mol. The highest BCUT2D eigenvalue weighted by atomic mass is 32.2. The lowest BCUT2D eigenvalue weighted by molar-refractivity contribution is 0.599. The fourth-order valence-corrected chi connectivity index (χ4v) is 1.67. The van der Waals surface area contributed by atoms with E-state index in [2.05, 4.69) is 15.3 Å². The normalized spacial score (nSPS) is 11.6. The van der Waals surface area contributed by atoms with E-state index in [0.29, 0.717) is 12.4 Å². The standard InChI is InChI=1S/C9H15N3O2S/c1-3-10-4-8-5-11-9(12-6-8)7-15(2,13)14/h5-6,10H,3-4,7H2,1-2H3. The van der Waals surface area contributed by atoms with Gasteiger partial charge >= 0.3 is 0 Å². The van der Waals surface area contributed by atoms with Crippen molar-refractivity contribution in [1.82, 2.24) is 15.3 Å². The Morgan fingerprint density at radius 1 is 1.33 bits per heavy atom. The predicted octanol–water partition coefficient (Wildman–Crippen LogP) is 0.131. The molecule has 0 aliphatic heterocycles. The summed E-state index contributed by atoms with van der Waals surface area (Å²) in [6, 6.07) is 0. The fraction of sp³-hybridized carbons (Fsp3) is 0.556. The first-order chi connectivity index (χ1) is 7.01. The highest BCUT2D eigenvalue weighted by Crippen LogP contribution is 1.99. The largest absolute Gasteiger partial charge is 0.313 e. The fourth-order valence-electron chi connectivity index (χ4n) is 1.05. The number of hydrogen-bond acceptors (Lipinski definition) is 5. The Balaban J connectivity index is 2.64. The minimum absolute atomic E-state index is 0.103. The summed E-state index contributed by atoms with van der Waals surface area (Å²) in [4.78, 5) is 7.97. The first-order valence-corrected chi connectivity index (χ1v) is 6.75. The quantitative estimate of drug-likeness (QED) is 0.777. The smallest absolute Gasteiger partial charge is 0.154 e. The van der Waals surface area contributed by atoms with Crippen LogP contribution in [0.5, 0.6) is 0 Å².